The predicted molar refractivity (Wildman–Crippen MR) is 190 cm³/mol. The van der Waals surface area contributed by atoms with Crippen LogP contribution in [0.5, 0.6) is 0 Å². The number of hydrogen-bond donors (Lipinski definition) is 3. The second kappa shape index (κ2) is 13.2. The van der Waals surface area contributed by atoms with Gasteiger partial charge in [0.25, 0.3) is 0 Å². The van der Waals surface area contributed by atoms with E-state index >= 15 is 0 Å². The first-order valence-electron chi connectivity index (χ1n) is 18.1. The molecular formula is C41H58O5Si. The Hall–Kier alpha value is -2.22. The largest absolute Gasteiger partial charge is 0.466 e. The molecular weight excluding hydrogens is 601 g/mol. The molecule has 3 aliphatic carbocycles. The Bertz CT molecular complexity index is 1400. The maximum absolute atomic E-state index is 12.1. The zero-order chi connectivity index (χ0) is 33.5. The Labute approximate surface area is 283 Å². The summed E-state index contributed by atoms with van der Waals surface area (Å²) in [4.78, 5) is 0. The number of aliphatic hydroxyl groups is 3. The minimum atomic E-state index is -2.44. The average molecular weight is 659 g/mol. The van der Waals surface area contributed by atoms with E-state index in [0.29, 0.717) is 12.2 Å². The monoisotopic (exact) mass is 658 g/mol. The summed E-state index contributed by atoms with van der Waals surface area (Å²) in [6.45, 7) is 12.0. The highest BCUT2D eigenvalue weighted by Crippen LogP contribution is 2.67. The summed E-state index contributed by atoms with van der Waals surface area (Å²) in [7, 11) is -2.44. The number of fused-ring (bicyclic) bond motifs is 1. The minimum absolute atomic E-state index is 0.00276. The molecule has 256 valence electrons. The quantitative estimate of drug-likeness (QED) is 0.191. The number of furan rings is 1. The van der Waals surface area contributed by atoms with Crippen LogP contribution in [0.3, 0.4) is 0 Å². The van der Waals surface area contributed by atoms with Gasteiger partial charge < -0.3 is 24.2 Å². The second-order valence-corrected chi connectivity index (χ2v) is 21.3. The Morgan fingerprint density at radius 1 is 0.787 bits per heavy atom. The standard InChI is InChI=1S/C41H58O5Si/c1-38(2,3)47(28-30-13-8-6-9-14-30,29-31-15-10-7-11-16-31)46-33-18-21-39(4,32(25-33)26-42)35-19-22-40(5)36(34(35)27-43)20-23-41(40,44)37-17-12-24-45-37/h6-17,24,32-36,42-44H,18-23,25-29H2,1-5H3/t32-,33+,34-,35+,36+,39+,40+,41-/m1/s1. The maximum atomic E-state index is 12.1. The van der Waals surface area contributed by atoms with E-state index < -0.39 is 13.9 Å². The van der Waals surface area contributed by atoms with Crippen molar-refractivity contribution in [3.63, 3.8) is 0 Å². The summed E-state index contributed by atoms with van der Waals surface area (Å²) in [5, 5.41) is 34.1. The van der Waals surface area contributed by atoms with Crippen LogP contribution in [0.25, 0.3) is 0 Å². The van der Waals surface area contributed by atoms with Crippen molar-refractivity contribution in [3.05, 3.63) is 95.9 Å². The molecule has 0 bridgehead atoms. The first kappa shape index (κ1) is 34.6. The van der Waals surface area contributed by atoms with Crippen molar-refractivity contribution in [2.24, 2.45) is 34.5 Å². The molecule has 0 radical (unpaired) electrons. The zero-order valence-electron chi connectivity index (χ0n) is 29.3. The zero-order valence-corrected chi connectivity index (χ0v) is 30.3. The van der Waals surface area contributed by atoms with Gasteiger partial charge in [0.1, 0.15) is 11.4 Å². The molecule has 8 atom stereocenters. The average Bonchev–Trinajstić information content (AvgIpc) is 3.69. The van der Waals surface area contributed by atoms with Crippen molar-refractivity contribution in [3.8, 4) is 0 Å². The van der Waals surface area contributed by atoms with Crippen LogP contribution in [-0.4, -0.2) is 43.0 Å². The lowest BCUT2D eigenvalue weighted by atomic mass is 9.48. The van der Waals surface area contributed by atoms with Gasteiger partial charge in [-0.05, 0) is 114 Å². The SMILES string of the molecule is CC(C)(C)[Si](Cc1ccccc1)(Cc1ccccc1)O[C@H]1CC[C@](C)([C@H]2CC[C@@]3(C)[C@@H](CC[C@@]3(O)c3ccco3)[C@@H]2CO)[C@@H](CO)C1. The predicted octanol–water partition coefficient (Wildman–Crippen LogP) is 8.40. The Balaban J connectivity index is 1.26. The van der Waals surface area contributed by atoms with Crippen LogP contribution >= 0.6 is 0 Å². The molecule has 0 aliphatic heterocycles. The molecule has 3 fully saturated rings. The van der Waals surface area contributed by atoms with Crippen LogP contribution < -0.4 is 0 Å². The fourth-order valence-electron chi connectivity index (χ4n) is 10.6. The Kier molecular flexibility index (Phi) is 9.76. The lowest BCUT2D eigenvalue weighted by Crippen LogP contribution is -2.57. The molecule has 5 nitrogen and oxygen atoms in total. The van der Waals surface area contributed by atoms with Gasteiger partial charge in [-0.3, -0.25) is 0 Å². The molecule has 3 N–H and O–H groups in total. The minimum Gasteiger partial charge on any atom is -0.466 e. The van der Waals surface area contributed by atoms with Crippen molar-refractivity contribution in [2.75, 3.05) is 13.2 Å². The topological polar surface area (TPSA) is 83.1 Å². The molecule has 6 rings (SSSR count). The van der Waals surface area contributed by atoms with Crippen LogP contribution in [-0.2, 0) is 22.1 Å². The van der Waals surface area contributed by atoms with Crippen molar-refractivity contribution in [2.45, 2.75) is 108 Å². The summed E-state index contributed by atoms with van der Waals surface area (Å²) < 4.78 is 13.4. The van der Waals surface area contributed by atoms with E-state index in [-0.39, 0.29) is 58.9 Å². The molecule has 0 unspecified atom stereocenters. The van der Waals surface area contributed by atoms with Crippen molar-refractivity contribution in [1.82, 2.24) is 0 Å². The summed E-state index contributed by atoms with van der Waals surface area (Å²) in [6, 6.07) is 27.4. The molecule has 0 saturated heterocycles. The Morgan fingerprint density at radius 3 is 1.94 bits per heavy atom. The number of aliphatic hydroxyl groups excluding tert-OH is 2. The second-order valence-electron chi connectivity index (χ2n) is 16.9. The van der Waals surface area contributed by atoms with Gasteiger partial charge in [-0.15, -0.1) is 0 Å². The van der Waals surface area contributed by atoms with Crippen LogP contribution in [0.2, 0.25) is 5.04 Å². The molecule has 0 amide bonds. The van der Waals surface area contributed by atoms with E-state index in [9.17, 15) is 15.3 Å². The summed E-state index contributed by atoms with van der Waals surface area (Å²) in [6.07, 6.45) is 7.88. The third-order valence-electron chi connectivity index (χ3n) is 13.7. The van der Waals surface area contributed by atoms with Gasteiger partial charge in [0, 0.05) is 24.7 Å². The van der Waals surface area contributed by atoms with Gasteiger partial charge in [-0.2, -0.15) is 0 Å². The van der Waals surface area contributed by atoms with Gasteiger partial charge in [-0.25, -0.2) is 0 Å². The highest BCUT2D eigenvalue weighted by molar-refractivity contribution is 6.75. The molecule has 0 spiro atoms. The summed E-state index contributed by atoms with van der Waals surface area (Å²) in [5.74, 6) is 1.31. The first-order chi connectivity index (χ1) is 22.4. The molecule has 1 heterocycles. The molecule has 3 aliphatic rings. The molecule has 47 heavy (non-hydrogen) atoms. The highest BCUT2D eigenvalue weighted by Gasteiger charge is 2.65. The summed E-state index contributed by atoms with van der Waals surface area (Å²) in [5.41, 5.74) is 1.20. The van der Waals surface area contributed by atoms with E-state index in [1.807, 2.05) is 12.1 Å². The fourth-order valence-corrected chi connectivity index (χ4v) is 14.9. The van der Waals surface area contributed by atoms with E-state index in [1.54, 1.807) is 6.26 Å². The number of benzene rings is 2. The molecule has 3 aromatic rings. The fraction of sp³-hybridized carbons (Fsp3) is 0.610. The Morgan fingerprint density at radius 2 is 1.40 bits per heavy atom. The van der Waals surface area contributed by atoms with Crippen LogP contribution in [0.4, 0.5) is 0 Å². The lowest BCUT2D eigenvalue weighted by Gasteiger charge is -2.58. The van der Waals surface area contributed by atoms with E-state index in [2.05, 4.69) is 95.3 Å². The van der Waals surface area contributed by atoms with Gasteiger partial charge in [0.2, 0.25) is 8.32 Å². The maximum Gasteiger partial charge on any atom is 0.207 e. The molecule has 6 heteroatoms. The van der Waals surface area contributed by atoms with Crippen LogP contribution in [0.15, 0.2) is 83.5 Å². The lowest BCUT2D eigenvalue weighted by molar-refractivity contribution is -0.158. The van der Waals surface area contributed by atoms with Crippen LogP contribution in [0, 0.1) is 34.5 Å². The van der Waals surface area contributed by atoms with E-state index in [1.165, 1.54) is 11.1 Å². The third kappa shape index (κ3) is 6.12. The van der Waals surface area contributed by atoms with Gasteiger partial charge >= 0.3 is 0 Å². The number of rotatable bonds is 10. The molecule has 3 saturated carbocycles. The molecule has 1 aromatic heterocycles. The van der Waals surface area contributed by atoms with Crippen molar-refractivity contribution in [1.29, 1.82) is 0 Å². The van der Waals surface area contributed by atoms with Crippen LogP contribution in [0.1, 0.15) is 96.5 Å². The smallest absolute Gasteiger partial charge is 0.207 e. The first-order valence-corrected chi connectivity index (χ1v) is 20.5. The van der Waals surface area contributed by atoms with E-state index in [0.717, 1.165) is 50.6 Å². The summed E-state index contributed by atoms with van der Waals surface area (Å²) >= 11 is 0. The van der Waals surface area contributed by atoms with E-state index in [4.69, 9.17) is 8.84 Å². The van der Waals surface area contributed by atoms with Crippen molar-refractivity contribution < 1.29 is 24.2 Å². The normalized spacial score (nSPS) is 34.7. The van der Waals surface area contributed by atoms with Gasteiger partial charge in [-0.1, -0.05) is 95.3 Å². The highest BCUT2D eigenvalue weighted by atomic mass is 28.4. The van der Waals surface area contributed by atoms with Gasteiger partial charge in [0.05, 0.1) is 6.26 Å². The number of hydrogen-bond acceptors (Lipinski definition) is 5. The molecule has 2 aromatic carbocycles. The van der Waals surface area contributed by atoms with Crippen molar-refractivity contribution >= 4 is 8.32 Å². The third-order valence-corrected chi connectivity index (χ3v) is 19.2. The van der Waals surface area contributed by atoms with Gasteiger partial charge in [0.15, 0.2) is 0 Å².